The molecule has 0 aliphatic heterocycles. The fourth-order valence-electron chi connectivity index (χ4n) is 2.49. The van der Waals surface area contributed by atoms with Gasteiger partial charge in [-0.1, -0.05) is 11.6 Å². The van der Waals surface area contributed by atoms with Crippen LogP contribution in [-0.2, 0) is 4.74 Å². The number of alkyl carbamates (subject to hydrolysis) is 1. The van der Waals surface area contributed by atoms with Gasteiger partial charge in [-0.3, -0.25) is 4.79 Å². The molecule has 10 heteroatoms. The lowest BCUT2D eigenvalue weighted by Gasteiger charge is -2.19. The van der Waals surface area contributed by atoms with E-state index in [-0.39, 0.29) is 30.7 Å². The second kappa shape index (κ2) is 9.80. The van der Waals surface area contributed by atoms with E-state index >= 15 is 0 Å². The zero-order valence-electron chi connectivity index (χ0n) is 18.1. The molecule has 30 heavy (non-hydrogen) atoms. The van der Waals surface area contributed by atoms with E-state index in [1.165, 1.54) is 0 Å². The van der Waals surface area contributed by atoms with Crippen molar-refractivity contribution in [3.63, 3.8) is 0 Å². The summed E-state index contributed by atoms with van der Waals surface area (Å²) in [5, 5.41) is 8.86. The number of carbonyl (C=O) groups excluding carboxylic acids is 2. The molecular weight excluding hydrogens is 410 g/mol. The summed E-state index contributed by atoms with van der Waals surface area (Å²) < 4.78 is 10.8. The Morgan fingerprint density at radius 2 is 1.90 bits per heavy atom. The second-order valence-corrected chi connectivity index (χ2v) is 8.35. The minimum absolute atomic E-state index is 0.151. The summed E-state index contributed by atoms with van der Waals surface area (Å²) in [7, 11) is 0. The van der Waals surface area contributed by atoms with Crippen molar-refractivity contribution in [3.05, 3.63) is 28.9 Å². The van der Waals surface area contributed by atoms with Gasteiger partial charge in [-0.15, -0.1) is 0 Å². The molecule has 0 fully saturated rings. The molecule has 0 radical (unpaired) electrons. The van der Waals surface area contributed by atoms with Crippen molar-refractivity contribution >= 4 is 29.3 Å². The monoisotopic (exact) mass is 437 g/mol. The topological polar surface area (TPSA) is 118 Å². The summed E-state index contributed by atoms with van der Waals surface area (Å²) in [6, 6.07) is 1.83. The first kappa shape index (κ1) is 23.5. The Hall–Kier alpha value is -2.81. The zero-order chi connectivity index (χ0) is 22.5. The van der Waals surface area contributed by atoms with Crippen molar-refractivity contribution in [1.82, 2.24) is 20.6 Å². The molecule has 2 aromatic rings. The van der Waals surface area contributed by atoms with Crippen LogP contribution in [0, 0.1) is 6.92 Å². The number of ether oxygens (including phenoxy) is 1. The summed E-state index contributed by atoms with van der Waals surface area (Å²) in [6.45, 7) is 11.4. The molecule has 0 unspecified atom stereocenters. The number of amides is 2. The molecule has 2 rings (SSSR count). The molecule has 0 aliphatic rings. The number of carbonyl (C=O) groups is 2. The third-order valence-corrected chi connectivity index (χ3v) is 3.84. The first-order chi connectivity index (χ1) is 14.0. The van der Waals surface area contributed by atoms with Gasteiger partial charge in [0, 0.05) is 25.3 Å². The largest absolute Gasteiger partial charge is 0.444 e. The number of anilines is 1. The third-order valence-electron chi connectivity index (χ3n) is 3.64. The number of pyridine rings is 1. The van der Waals surface area contributed by atoms with E-state index in [9.17, 15) is 9.59 Å². The lowest BCUT2D eigenvalue weighted by Crippen LogP contribution is -2.38. The molecule has 164 valence electrons. The van der Waals surface area contributed by atoms with Crippen molar-refractivity contribution in [2.45, 2.75) is 53.2 Å². The Balaban J connectivity index is 2.03. The number of aromatic nitrogens is 2. The molecular formula is C20H28ClN5O4. The van der Waals surface area contributed by atoms with Gasteiger partial charge in [-0.25, -0.2) is 14.8 Å². The number of nitrogens with zero attached hydrogens (tertiary/aromatic N) is 2. The normalized spacial score (nSPS) is 11.3. The molecule has 0 bridgehead atoms. The van der Waals surface area contributed by atoms with Crippen LogP contribution in [-0.4, -0.2) is 46.7 Å². The SMILES string of the molecule is Cc1oc(-c2cnc(Cl)cc2NC(C)C)nc1C(=O)NCCNC(=O)OC(C)(C)C. The van der Waals surface area contributed by atoms with Gasteiger partial charge < -0.3 is 25.1 Å². The summed E-state index contributed by atoms with van der Waals surface area (Å²) in [5.41, 5.74) is 0.885. The molecule has 0 aliphatic carbocycles. The number of aryl methyl sites for hydroxylation is 1. The van der Waals surface area contributed by atoms with E-state index in [0.717, 1.165) is 0 Å². The van der Waals surface area contributed by atoms with E-state index in [1.54, 1.807) is 40.0 Å². The van der Waals surface area contributed by atoms with Crippen LogP contribution in [0.25, 0.3) is 11.5 Å². The van der Waals surface area contributed by atoms with Gasteiger partial charge in [0.15, 0.2) is 5.69 Å². The Kier molecular flexibility index (Phi) is 7.66. The van der Waals surface area contributed by atoms with Crippen LogP contribution in [0.2, 0.25) is 5.15 Å². The maximum Gasteiger partial charge on any atom is 0.407 e. The van der Waals surface area contributed by atoms with E-state index in [1.807, 2.05) is 13.8 Å². The fraction of sp³-hybridized carbons (Fsp3) is 0.500. The van der Waals surface area contributed by atoms with Crippen molar-refractivity contribution in [2.75, 3.05) is 18.4 Å². The van der Waals surface area contributed by atoms with Crippen LogP contribution < -0.4 is 16.0 Å². The number of rotatable bonds is 7. The van der Waals surface area contributed by atoms with Gasteiger partial charge in [0.2, 0.25) is 5.89 Å². The van der Waals surface area contributed by atoms with E-state index < -0.39 is 17.6 Å². The summed E-state index contributed by atoms with van der Waals surface area (Å²) in [6.07, 6.45) is 1.00. The molecule has 0 saturated carbocycles. The van der Waals surface area contributed by atoms with Crippen molar-refractivity contribution in [2.24, 2.45) is 0 Å². The lowest BCUT2D eigenvalue weighted by atomic mass is 10.2. The molecule has 2 aromatic heterocycles. The van der Waals surface area contributed by atoms with Gasteiger partial charge in [-0.05, 0) is 47.6 Å². The van der Waals surface area contributed by atoms with Gasteiger partial charge in [0.1, 0.15) is 16.5 Å². The highest BCUT2D eigenvalue weighted by atomic mass is 35.5. The van der Waals surface area contributed by atoms with Gasteiger partial charge in [0.25, 0.3) is 5.91 Å². The predicted molar refractivity (Wildman–Crippen MR) is 115 cm³/mol. The highest BCUT2D eigenvalue weighted by molar-refractivity contribution is 6.29. The second-order valence-electron chi connectivity index (χ2n) is 7.96. The number of hydrogen-bond donors (Lipinski definition) is 3. The summed E-state index contributed by atoms with van der Waals surface area (Å²) in [5.74, 6) is 0.221. The number of oxazole rings is 1. The van der Waals surface area contributed by atoms with Crippen LogP contribution in [0.1, 0.15) is 50.9 Å². The van der Waals surface area contributed by atoms with E-state index in [0.29, 0.717) is 22.2 Å². The first-order valence-electron chi connectivity index (χ1n) is 9.61. The summed E-state index contributed by atoms with van der Waals surface area (Å²) >= 11 is 6.00. The summed E-state index contributed by atoms with van der Waals surface area (Å²) in [4.78, 5) is 32.5. The van der Waals surface area contributed by atoms with Gasteiger partial charge >= 0.3 is 6.09 Å². The van der Waals surface area contributed by atoms with E-state index in [2.05, 4.69) is 25.9 Å². The average Bonchev–Trinajstić information content (AvgIpc) is 2.98. The minimum Gasteiger partial charge on any atom is -0.444 e. The number of hydrogen-bond acceptors (Lipinski definition) is 7. The minimum atomic E-state index is -0.582. The molecule has 0 aromatic carbocycles. The third kappa shape index (κ3) is 6.91. The van der Waals surface area contributed by atoms with Crippen LogP contribution in [0.15, 0.2) is 16.7 Å². The highest BCUT2D eigenvalue weighted by Gasteiger charge is 2.21. The molecule has 2 amide bonds. The van der Waals surface area contributed by atoms with Gasteiger partial charge in [0.05, 0.1) is 11.3 Å². The Bertz CT molecular complexity index is 905. The quantitative estimate of drug-likeness (QED) is 0.445. The Labute approximate surface area is 180 Å². The Morgan fingerprint density at radius 3 is 2.53 bits per heavy atom. The number of halogens is 1. The van der Waals surface area contributed by atoms with Crippen molar-refractivity contribution in [1.29, 1.82) is 0 Å². The fourth-order valence-corrected chi connectivity index (χ4v) is 2.65. The lowest BCUT2D eigenvalue weighted by molar-refractivity contribution is 0.0526. The van der Waals surface area contributed by atoms with Crippen LogP contribution in [0.4, 0.5) is 10.5 Å². The smallest absolute Gasteiger partial charge is 0.407 e. The molecule has 9 nitrogen and oxygen atoms in total. The van der Waals surface area contributed by atoms with Crippen LogP contribution >= 0.6 is 11.6 Å². The molecule has 3 N–H and O–H groups in total. The van der Waals surface area contributed by atoms with Crippen LogP contribution in [0.3, 0.4) is 0 Å². The highest BCUT2D eigenvalue weighted by Crippen LogP contribution is 2.30. The first-order valence-corrected chi connectivity index (χ1v) is 9.99. The maximum absolute atomic E-state index is 12.5. The zero-order valence-corrected chi connectivity index (χ0v) is 18.8. The number of nitrogens with one attached hydrogen (secondary N) is 3. The van der Waals surface area contributed by atoms with Crippen molar-refractivity contribution < 1.29 is 18.7 Å². The molecule has 0 spiro atoms. The maximum atomic E-state index is 12.5. The molecule has 0 atom stereocenters. The predicted octanol–water partition coefficient (Wildman–Crippen LogP) is 3.77. The van der Waals surface area contributed by atoms with Gasteiger partial charge in [-0.2, -0.15) is 0 Å². The van der Waals surface area contributed by atoms with Crippen LogP contribution in [0.5, 0.6) is 0 Å². The standard InChI is InChI=1S/C20H28ClN5O4/c1-11(2)25-14-9-15(21)24-10-13(14)18-26-16(12(3)29-18)17(27)22-7-8-23-19(28)30-20(4,5)6/h9-11H,7-8H2,1-6H3,(H,22,27)(H,23,28)(H,24,25). The average molecular weight is 438 g/mol. The van der Waals surface area contributed by atoms with E-state index in [4.69, 9.17) is 20.8 Å². The molecule has 0 saturated heterocycles. The van der Waals surface area contributed by atoms with Crippen molar-refractivity contribution in [3.8, 4) is 11.5 Å². The Morgan fingerprint density at radius 1 is 1.23 bits per heavy atom. The molecule has 2 heterocycles.